The van der Waals surface area contributed by atoms with Crippen molar-refractivity contribution in [1.29, 1.82) is 0 Å². The minimum atomic E-state index is -0.200. The van der Waals surface area contributed by atoms with E-state index in [9.17, 15) is 9.59 Å². The molecule has 1 aromatic carbocycles. The summed E-state index contributed by atoms with van der Waals surface area (Å²) < 4.78 is 7.08. The van der Waals surface area contributed by atoms with Crippen LogP contribution in [-0.4, -0.2) is 72.7 Å². The van der Waals surface area contributed by atoms with Gasteiger partial charge in [0.25, 0.3) is 5.91 Å². The standard InChI is InChI=1S/C27H33N7O3/c1-28-20-14-25(31-34-23(15-29-26(20)34)27(36)30-19-6-7-24(19)37-2)33-13-10-18-21(4-3-5-22(18)33)32-11-8-17(16-35)9-12-32/h3-5,14-17,19,24,28H,6-13H2,1-2H3,(H,30,36)/t19-,24-/m1/s1. The third-order valence-electron chi connectivity index (χ3n) is 8.14. The fourth-order valence-electron chi connectivity index (χ4n) is 5.81. The van der Waals surface area contributed by atoms with Gasteiger partial charge in [-0.15, -0.1) is 5.10 Å². The second-order valence-corrected chi connectivity index (χ2v) is 10.1. The summed E-state index contributed by atoms with van der Waals surface area (Å²) in [5.74, 6) is 0.735. The van der Waals surface area contributed by atoms with Gasteiger partial charge in [-0.25, -0.2) is 9.50 Å². The Morgan fingerprint density at radius 2 is 1.95 bits per heavy atom. The lowest BCUT2D eigenvalue weighted by molar-refractivity contribution is -0.111. The lowest BCUT2D eigenvalue weighted by Gasteiger charge is -2.35. The minimum Gasteiger partial charge on any atom is -0.385 e. The number of nitrogens with one attached hydrogen (secondary N) is 2. The van der Waals surface area contributed by atoms with Crippen LogP contribution in [0.1, 0.15) is 41.7 Å². The number of carbonyl (C=O) groups excluding carboxylic acids is 2. The fraction of sp³-hybridized carbons (Fsp3) is 0.481. The third-order valence-corrected chi connectivity index (χ3v) is 8.14. The molecule has 1 aliphatic carbocycles. The highest BCUT2D eigenvalue weighted by molar-refractivity contribution is 5.94. The van der Waals surface area contributed by atoms with Crippen LogP contribution in [0, 0.1) is 5.92 Å². The van der Waals surface area contributed by atoms with E-state index in [1.165, 1.54) is 11.3 Å². The molecule has 10 heteroatoms. The first-order valence-corrected chi connectivity index (χ1v) is 13.1. The zero-order valence-corrected chi connectivity index (χ0v) is 21.3. The highest BCUT2D eigenvalue weighted by Gasteiger charge is 2.33. The van der Waals surface area contributed by atoms with Crippen molar-refractivity contribution in [3.8, 4) is 0 Å². The van der Waals surface area contributed by atoms with Gasteiger partial charge in [-0.3, -0.25) is 4.79 Å². The summed E-state index contributed by atoms with van der Waals surface area (Å²) in [4.78, 5) is 33.5. The normalized spacial score (nSPS) is 21.6. The van der Waals surface area contributed by atoms with Crippen molar-refractivity contribution in [2.75, 3.05) is 48.9 Å². The summed E-state index contributed by atoms with van der Waals surface area (Å²) in [5.41, 5.74) is 5.51. The number of piperidine rings is 1. The Kier molecular flexibility index (Phi) is 6.19. The predicted octanol–water partition coefficient (Wildman–Crippen LogP) is 2.79. The molecule has 1 saturated carbocycles. The van der Waals surface area contributed by atoms with Crippen molar-refractivity contribution < 1.29 is 14.3 Å². The molecule has 1 amide bonds. The zero-order chi connectivity index (χ0) is 25.5. The molecule has 0 radical (unpaired) electrons. The summed E-state index contributed by atoms with van der Waals surface area (Å²) in [6.45, 7) is 2.59. The molecule has 2 aliphatic heterocycles. The SMILES string of the molecule is CNc1cc(N2CCc3c(N4CCC(C=O)CC4)cccc32)nn2c(C(=O)N[C@@H]3CC[C@H]3OC)cnc12. The summed E-state index contributed by atoms with van der Waals surface area (Å²) in [6.07, 6.45) is 7.30. The molecule has 10 nitrogen and oxygen atoms in total. The number of imidazole rings is 1. The van der Waals surface area contributed by atoms with Crippen LogP contribution < -0.4 is 20.4 Å². The van der Waals surface area contributed by atoms with Crippen LogP contribution in [0.4, 0.5) is 22.9 Å². The van der Waals surface area contributed by atoms with Crippen LogP contribution in [0.2, 0.25) is 0 Å². The van der Waals surface area contributed by atoms with Crippen LogP contribution in [0.3, 0.4) is 0 Å². The van der Waals surface area contributed by atoms with Crippen molar-refractivity contribution in [2.45, 2.75) is 44.2 Å². The summed E-state index contributed by atoms with van der Waals surface area (Å²) in [7, 11) is 3.53. The molecule has 2 atom stereocenters. The molecule has 1 saturated heterocycles. The number of rotatable bonds is 7. The fourth-order valence-corrected chi connectivity index (χ4v) is 5.81. The van der Waals surface area contributed by atoms with Crippen LogP contribution in [0.25, 0.3) is 5.65 Å². The predicted molar refractivity (Wildman–Crippen MR) is 142 cm³/mol. The number of hydrogen-bond acceptors (Lipinski definition) is 8. The molecule has 2 fully saturated rings. The van der Waals surface area contributed by atoms with Crippen LogP contribution in [0.15, 0.2) is 30.5 Å². The van der Waals surface area contributed by atoms with E-state index in [-0.39, 0.29) is 24.0 Å². The van der Waals surface area contributed by atoms with Crippen molar-refractivity contribution in [3.05, 3.63) is 41.7 Å². The number of methoxy groups -OCH3 is 1. The van der Waals surface area contributed by atoms with Crippen molar-refractivity contribution in [3.63, 3.8) is 0 Å². The molecule has 4 heterocycles. The highest BCUT2D eigenvalue weighted by atomic mass is 16.5. The summed E-state index contributed by atoms with van der Waals surface area (Å²) >= 11 is 0. The number of hydrogen-bond donors (Lipinski definition) is 2. The maximum Gasteiger partial charge on any atom is 0.271 e. The molecule has 2 N–H and O–H groups in total. The average Bonchev–Trinajstić information content (AvgIpc) is 3.55. The van der Waals surface area contributed by atoms with E-state index in [1.54, 1.807) is 17.8 Å². The Morgan fingerprint density at radius 3 is 2.65 bits per heavy atom. The van der Waals surface area contributed by atoms with Crippen LogP contribution in [0.5, 0.6) is 0 Å². The van der Waals surface area contributed by atoms with Crippen molar-refractivity contribution in [2.24, 2.45) is 5.92 Å². The second-order valence-electron chi connectivity index (χ2n) is 10.1. The first-order valence-electron chi connectivity index (χ1n) is 13.1. The molecule has 194 valence electrons. The molecule has 3 aromatic rings. The molecule has 0 bridgehead atoms. The lowest BCUT2D eigenvalue weighted by atomic mass is 9.89. The van der Waals surface area contributed by atoms with E-state index in [4.69, 9.17) is 9.84 Å². The molecule has 6 rings (SSSR count). The Labute approximate surface area is 216 Å². The number of benzene rings is 1. The van der Waals surface area contributed by atoms with Gasteiger partial charge < -0.3 is 30.0 Å². The van der Waals surface area contributed by atoms with E-state index < -0.39 is 0 Å². The Balaban J connectivity index is 1.32. The monoisotopic (exact) mass is 503 g/mol. The highest BCUT2D eigenvalue weighted by Crippen LogP contribution is 2.40. The largest absolute Gasteiger partial charge is 0.385 e. The zero-order valence-electron chi connectivity index (χ0n) is 21.3. The van der Waals surface area contributed by atoms with Crippen LogP contribution >= 0.6 is 0 Å². The molecule has 37 heavy (non-hydrogen) atoms. The van der Waals surface area contributed by atoms with Crippen LogP contribution in [-0.2, 0) is 16.0 Å². The number of nitrogens with zero attached hydrogens (tertiary/aromatic N) is 5. The minimum absolute atomic E-state index is 0.00971. The molecular formula is C27H33N7O3. The van der Waals surface area contributed by atoms with E-state index in [0.717, 1.165) is 75.2 Å². The topological polar surface area (TPSA) is 104 Å². The molecule has 2 aromatic heterocycles. The number of fused-ring (bicyclic) bond motifs is 2. The number of aldehydes is 1. The summed E-state index contributed by atoms with van der Waals surface area (Å²) in [6, 6.07) is 8.42. The maximum absolute atomic E-state index is 13.2. The average molecular weight is 504 g/mol. The second kappa shape index (κ2) is 9.66. The Morgan fingerprint density at radius 1 is 1.14 bits per heavy atom. The van der Waals surface area contributed by atoms with E-state index in [0.29, 0.717) is 11.3 Å². The smallest absolute Gasteiger partial charge is 0.271 e. The van der Waals surface area contributed by atoms with Crippen molar-refractivity contribution >= 4 is 40.7 Å². The van der Waals surface area contributed by atoms with Gasteiger partial charge in [-0.05, 0) is 44.2 Å². The number of carbonyl (C=O) groups is 2. The quantitative estimate of drug-likeness (QED) is 0.475. The molecule has 0 unspecified atom stereocenters. The van der Waals surface area contributed by atoms with Gasteiger partial charge in [0, 0.05) is 62.7 Å². The summed E-state index contributed by atoms with van der Waals surface area (Å²) in [5, 5.41) is 11.2. The first-order chi connectivity index (χ1) is 18.1. The Hall–Kier alpha value is -3.66. The van der Waals surface area contributed by atoms with E-state index in [1.807, 2.05) is 13.1 Å². The van der Waals surface area contributed by atoms with Gasteiger partial charge >= 0.3 is 0 Å². The number of anilines is 4. The van der Waals surface area contributed by atoms with Gasteiger partial charge in [0.1, 0.15) is 6.29 Å². The molecular weight excluding hydrogens is 470 g/mol. The van der Waals surface area contributed by atoms with E-state index >= 15 is 0 Å². The van der Waals surface area contributed by atoms with Gasteiger partial charge in [0.15, 0.2) is 17.2 Å². The number of ether oxygens (including phenoxy) is 1. The molecule has 3 aliphatic rings. The lowest BCUT2D eigenvalue weighted by Crippen LogP contribution is -2.51. The van der Waals surface area contributed by atoms with Gasteiger partial charge in [-0.2, -0.15) is 0 Å². The number of amides is 1. The van der Waals surface area contributed by atoms with Crippen molar-refractivity contribution in [1.82, 2.24) is 19.9 Å². The van der Waals surface area contributed by atoms with E-state index in [2.05, 4.69) is 43.6 Å². The molecule has 0 spiro atoms. The van der Waals surface area contributed by atoms with Gasteiger partial charge in [-0.1, -0.05) is 6.07 Å². The Bertz CT molecular complexity index is 1330. The first kappa shape index (κ1) is 23.7. The third kappa shape index (κ3) is 4.09. The van der Waals surface area contributed by atoms with Gasteiger partial charge in [0.2, 0.25) is 0 Å². The maximum atomic E-state index is 13.2. The van der Waals surface area contributed by atoms with Gasteiger partial charge in [0.05, 0.1) is 24.0 Å². The number of aromatic nitrogens is 3.